The molecular weight excluding hydrogens is 330 g/mol. The number of benzene rings is 1. The molecule has 1 atom stereocenters. The molecule has 2 fully saturated rings. The van der Waals surface area contributed by atoms with Crippen LogP contribution in [0.5, 0.6) is 5.75 Å². The van der Waals surface area contributed by atoms with Crippen molar-refractivity contribution >= 4 is 17.3 Å². The number of piperidine rings is 1. The highest BCUT2D eigenvalue weighted by Gasteiger charge is 2.21. The van der Waals surface area contributed by atoms with Gasteiger partial charge in [0, 0.05) is 44.0 Å². The van der Waals surface area contributed by atoms with Crippen molar-refractivity contribution in [2.75, 3.05) is 54.5 Å². The smallest absolute Gasteiger partial charge is 0.134 e. The molecule has 1 aromatic carbocycles. The Morgan fingerprint density at radius 1 is 1.04 bits per heavy atom. The number of aromatic nitrogens is 2. The van der Waals surface area contributed by atoms with E-state index < -0.39 is 0 Å². The van der Waals surface area contributed by atoms with E-state index >= 15 is 0 Å². The van der Waals surface area contributed by atoms with Crippen LogP contribution in [0.15, 0.2) is 36.7 Å². The van der Waals surface area contributed by atoms with Crippen LogP contribution in [-0.4, -0.2) is 60.5 Å². The maximum Gasteiger partial charge on any atom is 0.134 e. The molecule has 0 spiro atoms. The topological polar surface area (TPSA) is 73.8 Å². The highest BCUT2D eigenvalue weighted by atomic mass is 16.5. The SMILES string of the molecule is Oc1ccc(N2CCC[C@@H](Nc3cc(N4CCOCC4)ncn3)C2)cc1. The lowest BCUT2D eigenvalue weighted by molar-refractivity contribution is 0.122. The van der Waals surface area contributed by atoms with Crippen LogP contribution in [0.25, 0.3) is 0 Å². The molecule has 1 aromatic heterocycles. The minimum atomic E-state index is 0.303. The third-order valence-corrected chi connectivity index (χ3v) is 4.98. The van der Waals surface area contributed by atoms with Gasteiger partial charge in [-0.05, 0) is 37.1 Å². The van der Waals surface area contributed by atoms with Crippen molar-refractivity contribution in [1.82, 2.24) is 9.97 Å². The number of nitrogens with one attached hydrogen (secondary N) is 1. The summed E-state index contributed by atoms with van der Waals surface area (Å²) < 4.78 is 5.41. The van der Waals surface area contributed by atoms with Gasteiger partial charge in [-0.1, -0.05) is 0 Å². The number of phenolic OH excluding ortho intramolecular Hbond substituents is 1. The van der Waals surface area contributed by atoms with Gasteiger partial charge < -0.3 is 25.0 Å². The summed E-state index contributed by atoms with van der Waals surface area (Å²) in [5.41, 5.74) is 1.14. The fourth-order valence-electron chi connectivity index (χ4n) is 3.59. The molecule has 26 heavy (non-hydrogen) atoms. The first kappa shape index (κ1) is 16.9. The first-order chi connectivity index (χ1) is 12.8. The second kappa shape index (κ2) is 7.78. The Bertz CT molecular complexity index is 718. The minimum absolute atomic E-state index is 0.303. The lowest BCUT2D eigenvalue weighted by atomic mass is 10.0. The van der Waals surface area contributed by atoms with Gasteiger partial charge in [0.25, 0.3) is 0 Å². The highest BCUT2D eigenvalue weighted by molar-refractivity contribution is 5.52. The summed E-state index contributed by atoms with van der Waals surface area (Å²) in [6, 6.07) is 9.80. The summed E-state index contributed by atoms with van der Waals surface area (Å²) >= 11 is 0. The average Bonchev–Trinajstić information content (AvgIpc) is 2.70. The highest BCUT2D eigenvalue weighted by Crippen LogP contribution is 2.24. The fraction of sp³-hybridized carbons (Fsp3) is 0.474. The molecule has 3 heterocycles. The molecule has 0 saturated carbocycles. The Morgan fingerprint density at radius 2 is 1.85 bits per heavy atom. The second-order valence-electron chi connectivity index (χ2n) is 6.81. The summed E-state index contributed by atoms with van der Waals surface area (Å²) in [5.74, 6) is 2.13. The molecule has 0 bridgehead atoms. The van der Waals surface area contributed by atoms with Crippen LogP contribution in [0.4, 0.5) is 17.3 Å². The Balaban J connectivity index is 1.41. The summed E-state index contributed by atoms with van der Waals surface area (Å²) in [5, 5.41) is 13.0. The molecule has 2 aromatic rings. The van der Waals surface area contributed by atoms with E-state index in [1.54, 1.807) is 18.5 Å². The van der Waals surface area contributed by atoms with Gasteiger partial charge in [0.05, 0.1) is 13.2 Å². The van der Waals surface area contributed by atoms with Crippen molar-refractivity contribution in [3.05, 3.63) is 36.7 Å². The van der Waals surface area contributed by atoms with Crippen LogP contribution in [0.2, 0.25) is 0 Å². The largest absolute Gasteiger partial charge is 0.508 e. The van der Waals surface area contributed by atoms with Crippen molar-refractivity contribution in [1.29, 1.82) is 0 Å². The average molecular weight is 355 g/mol. The monoisotopic (exact) mass is 355 g/mol. The first-order valence-electron chi connectivity index (χ1n) is 9.23. The van der Waals surface area contributed by atoms with Crippen molar-refractivity contribution in [3.63, 3.8) is 0 Å². The number of rotatable bonds is 4. The third-order valence-electron chi connectivity index (χ3n) is 4.98. The van der Waals surface area contributed by atoms with Crippen LogP contribution in [0.1, 0.15) is 12.8 Å². The van der Waals surface area contributed by atoms with E-state index in [1.165, 1.54) is 0 Å². The van der Waals surface area contributed by atoms with E-state index in [4.69, 9.17) is 4.74 Å². The number of phenols is 1. The molecule has 7 nitrogen and oxygen atoms in total. The quantitative estimate of drug-likeness (QED) is 0.870. The molecule has 2 saturated heterocycles. The normalized spacial score (nSPS) is 20.8. The van der Waals surface area contributed by atoms with Crippen molar-refractivity contribution in [2.24, 2.45) is 0 Å². The molecule has 4 rings (SSSR count). The van der Waals surface area contributed by atoms with Gasteiger partial charge >= 0.3 is 0 Å². The van der Waals surface area contributed by atoms with E-state index in [0.29, 0.717) is 11.8 Å². The zero-order valence-electron chi connectivity index (χ0n) is 14.8. The summed E-state index contributed by atoms with van der Waals surface area (Å²) in [7, 11) is 0. The van der Waals surface area contributed by atoms with Crippen LogP contribution < -0.4 is 15.1 Å². The first-order valence-corrected chi connectivity index (χ1v) is 9.23. The van der Waals surface area contributed by atoms with Crippen molar-refractivity contribution in [3.8, 4) is 5.75 Å². The molecule has 138 valence electrons. The molecular formula is C19H25N5O2. The zero-order chi connectivity index (χ0) is 17.8. The number of morpholine rings is 1. The molecule has 0 radical (unpaired) electrons. The second-order valence-corrected chi connectivity index (χ2v) is 6.81. The van der Waals surface area contributed by atoms with Crippen LogP contribution >= 0.6 is 0 Å². The number of ether oxygens (including phenoxy) is 1. The summed E-state index contributed by atoms with van der Waals surface area (Å²) in [4.78, 5) is 13.4. The van der Waals surface area contributed by atoms with Gasteiger partial charge in [-0.15, -0.1) is 0 Å². The Morgan fingerprint density at radius 3 is 2.65 bits per heavy atom. The number of hydrogen-bond donors (Lipinski definition) is 2. The summed E-state index contributed by atoms with van der Waals surface area (Å²) in [6.45, 7) is 5.18. The van der Waals surface area contributed by atoms with Gasteiger partial charge in [-0.25, -0.2) is 9.97 Å². The van der Waals surface area contributed by atoms with Crippen LogP contribution in [0.3, 0.4) is 0 Å². The molecule has 2 aliphatic rings. The molecule has 0 unspecified atom stereocenters. The fourth-order valence-corrected chi connectivity index (χ4v) is 3.59. The molecule has 2 N–H and O–H groups in total. The molecule has 0 amide bonds. The van der Waals surface area contributed by atoms with Crippen molar-refractivity contribution < 1.29 is 9.84 Å². The van der Waals surface area contributed by atoms with Gasteiger partial charge in [0.2, 0.25) is 0 Å². The molecule has 7 heteroatoms. The standard InChI is InChI=1S/C19H25N5O2/c25-17-5-3-16(4-6-17)24-7-1-2-15(13-24)22-18-12-19(21-14-20-18)23-8-10-26-11-9-23/h3-6,12,14-15,25H,1-2,7-11,13H2,(H,20,21,22)/t15-/m1/s1. The predicted molar refractivity (Wildman–Crippen MR) is 102 cm³/mol. The van der Waals surface area contributed by atoms with E-state index in [1.807, 2.05) is 18.2 Å². The number of hydrogen-bond acceptors (Lipinski definition) is 7. The maximum atomic E-state index is 9.48. The maximum absolute atomic E-state index is 9.48. The lowest BCUT2D eigenvalue weighted by Crippen LogP contribution is -2.42. The van der Waals surface area contributed by atoms with Crippen LogP contribution in [0, 0.1) is 0 Å². The minimum Gasteiger partial charge on any atom is -0.508 e. The van der Waals surface area contributed by atoms with E-state index in [2.05, 4.69) is 25.1 Å². The Kier molecular flexibility index (Phi) is 5.06. The van der Waals surface area contributed by atoms with Gasteiger partial charge in [0.15, 0.2) is 0 Å². The van der Waals surface area contributed by atoms with Gasteiger partial charge in [-0.3, -0.25) is 0 Å². The Labute approximate surface area is 153 Å². The zero-order valence-corrected chi connectivity index (χ0v) is 14.8. The van der Waals surface area contributed by atoms with E-state index in [0.717, 1.165) is 69.6 Å². The summed E-state index contributed by atoms with van der Waals surface area (Å²) in [6.07, 6.45) is 3.87. The number of nitrogens with zero attached hydrogens (tertiary/aromatic N) is 4. The van der Waals surface area contributed by atoms with Gasteiger partial charge in [-0.2, -0.15) is 0 Å². The number of aromatic hydroxyl groups is 1. The van der Waals surface area contributed by atoms with Crippen molar-refractivity contribution in [2.45, 2.75) is 18.9 Å². The Hall–Kier alpha value is -2.54. The molecule has 2 aliphatic heterocycles. The number of anilines is 3. The van der Waals surface area contributed by atoms with Gasteiger partial charge in [0.1, 0.15) is 23.7 Å². The van der Waals surface area contributed by atoms with E-state index in [-0.39, 0.29) is 0 Å². The lowest BCUT2D eigenvalue weighted by Gasteiger charge is -2.35. The van der Waals surface area contributed by atoms with E-state index in [9.17, 15) is 5.11 Å². The predicted octanol–water partition coefficient (Wildman–Crippen LogP) is 2.10. The van der Waals surface area contributed by atoms with Crippen LogP contribution in [-0.2, 0) is 4.74 Å². The third kappa shape index (κ3) is 3.99. The molecule has 0 aliphatic carbocycles.